The van der Waals surface area contributed by atoms with Crippen molar-refractivity contribution in [3.8, 4) is 0 Å². The predicted octanol–water partition coefficient (Wildman–Crippen LogP) is 2.57. The van der Waals surface area contributed by atoms with Gasteiger partial charge in [-0.05, 0) is 59.0 Å². The van der Waals surface area contributed by atoms with E-state index in [4.69, 9.17) is 4.74 Å². The zero-order chi connectivity index (χ0) is 15.2. The van der Waals surface area contributed by atoms with Crippen LogP contribution in [0, 0.1) is 0 Å². The number of nitrogens with zero attached hydrogens (tertiary/aromatic N) is 1. The molecule has 0 saturated heterocycles. The van der Waals surface area contributed by atoms with Crippen LogP contribution in [-0.2, 0) is 9.53 Å². The molecule has 1 aliphatic rings. The number of rotatable bonds is 8. The molecule has 0 amide bonds. The summed E-state index contributed by atoms with van der Waals surface area (Å²) in [4.78, 5) is 14.8. The highest BCUT2D eigenvalue weighted by molar-refractivity contribution is 5.81. The molecule has 2 unspecified atom stereocenters. The van der Waals surface area contributed by atoms with Gasteiger partial charge in [-0.25, -0.2) is 0 Å². The minimum Gasteiger partial charge on any atom is -0.468 e. The number of hydrogen-bond donors (Lipinski definition) is 1. The Morgan fingerprint density at radius 2 is 2.10 bits per heavy atom. The number of carbonyl (C=O) groups excluding carboxylic acids is 1. The van der Waals surface area contributed by atoms with Gasteiger partial charge in [0.05, 0.1) is 7.11 Å². The van der Waals surface area contributed by atoms with Crippen LogP contribution in [-0.4, -0.2) is 48.7 Å². The topological polar surface area (TPSA) is 41.6 Å². The second kappa shape index (κ2) is 7.99. The molecule has 1 N–H and O–H groups in total. The van der Waals surface area contributed by atoms with Crippen LogP contribution in [0.2, 0.25) is 0 Å². The van der Waals surface area contributed by atoms with Gasteiger partial charge in [0, 0.05) is 12.1 Å². The van der Waals surface area contributed by atoms with Crippen molar-refractivity contribution in [2.24, 2.45) is 0 Å². The largest absolute Gasteiger partial charge is 0.468 e. The number of hydrogen-bond acceptors (Lipinski definition) is 4. The van der Waals surface area contributed by atoms with E-state index in [-0.39, 0.29) is 5.97 Å². The van der Waals surface area contributed by atoms with Gasteiger partial charge in [0.25, 0.3) is 0 Å². The minimum atomic E-state index is -0.462. The molecule has 0 heterocycles. The Balaban J connectivity index is 2.79. The third-order valence-electron chi connectivity index (χ3n) is 4.39. The molecule has 1 rings (SSSR count). The van der Waals surface area contributed by atoms with E-state index in [9.17, 15) is 4.79 Å². The Hall–Kier alpha value is -0.610. The highest BCUT2D eigenvalue weighted by Gasteiger charge is 2.47. The molecular weight excluding hydrogens is 252 g/mol. The van der Waals surface area contributed by atoms with Crippen molar-refractivity contribution in [2.75, 3.05) is 20.2 Å². The molecule has 0 aliphatic heterocycles. The Bertz CT molecular complexity index is 307. The average Bonchev–Trinajstić information content (AvgIpc) is 2.86. The Morgan fingerprint density at radius 1 is 1.40 bits per heavy atom. The van der Waals surface area contributed by atoms with Crippen LogP contribution in [0.15, 0.2) is 0 Å². The summed E-state index contributed by atoms with van der Waals surface area (Å²) in [5.41, 5.74) is -0.462. The lowest BCUT2D eigenvalue weighted by atomic mass is 9.96. The zero-order valence-electron chi connectivity index (χ0n) is 13.9. The van der Waals surface area contributed by atoms with Crippen LogP contribution in [0.5, 0.6) is 0 Å². The molecular formula is C16H32N2O2. The van der Waals surface area contributed by atoms with E-state index >= 15 is 0 Å². The van der Waals surface area contributed by atoms with Gasteiger partial charge in [-0.3, -0.25) is 9.69 Å². The Kier molecular flexibility index (Phi) is 6.96. The molecule has 1 saturated carbocycles. The zero-order valence-corrected chi connectivity index (χ0v) is 13.9. The van der Waals surface area contributed by atoms with Gasteiger partial charge in [-0.2, -0.15) is 0 Å². The average molecular weight is 284 g/mol. The van der Waals surface area contributed by atoms with Crippen LogP contribution in [0.4, 0.5) is 0 Å². The van der Waals surface area contributed by atoms with Gasteiger partial charge < -0.3 is 10.1 Å². The first-order chi connectivity index (χ1) is 9.50. The first-order valence-electron chi connectivity index (χ1n) is 8.10. The lowest BCUT2D eigenvalue weighted by molar-refractivity contribution is -0.148. The Labute approximate surface area is 124 Å². The summed E-state index contributed by atoms with van der Waals surface area (Å²) in [6, 6.07) is 1.01. The van der Waals surface area contributed by atoms with Crippen LogP contribution in [0.3, 0.4) is 0 Å². The first-order valence-corrected chi connectivity index (χ1v) is 8.10. The lowest BCUT2D eigenvalue weighted by Crippen LogP contribution is -2.52. The molecule has 0 aromatic heterocycles. The van der Waals surface area contributed by atoms with Crippen molar-refractivity contribution in [1.29, 1.82) is 0 Å². The summed E-state index contributed by atoms with van der Waals surface area (Å²) in [5.74, 6) is -0.0892. The molecule has 20 heavy (non-hydrogen) atoms. The summed E-state index contributed by atoms with van der Waals surface area (Å²) in [5, 5.41) is 3.46. The van der Waals surface area contributed by atoms with E-state index in [1.807, 2.05) is 0 Å². The van der Waals surface area contributed by atoms with Crippen molar-refractivity contribution < 1.29 is 9.53 Å². The fourth-order valence-corrected chi connectivity index (χ4v) is 3.40. The van der Waals surface area contributed by atoms with Crippen LogP contribution in [0.25, 0.3) is 0 Å². The maximum absolute atomic E-state index is 12.2. The van der Waals surface area contributed by atoms with Crippen LogP contribution in [0.1, 0.15) is 59.8 Å². The highest BCUT2D eigenvalue weighted by Crippen LogP contribution is 2.35. The molecule has 1 aliphatic carbocycles. The molecule has 0 aromatic carbocycles. The van der Waals surface area contributed by atoms with Gasteiger partial charge in [-0.1, -0.05) is 13.8 Å². The van der Waals surface area contributed by atoms with Crippen molar-refractivity contribution in [3.63, 3.8) is 0 Å². The van der Waals surface area contributed by atoms with Crippen LogP contribution < -0.4 is 5.32 Å². The summed E-state index contributed by atoms with van der Waals surface area (Å²) < 4.78 is 5.06. The number of carbonyl (C=O) groups is 1. The van der Waals surface area contributed by atoms with E-state index in [1.54, 1.807) is 0 Å². The standard InChI is InChI=1S/C16H32N2O2/c1-6-10-17-16(15(19)20-5)9-8-14(12-16)18(11-7-2)13(3)4/h13-14,17H,6-12H2,1-5H3. The number of esters is 1. The third kappa shape index (κ3) is 3.95. The molecule has 2 atom stereocenters. The fourth-order valence-electron chi connectivity index (χ4n) is 3.40. The van der Waals surface area contributed by atoms with Crippen LogP contribution >= 0.6 is 0 Å². The highest BCUT2D eigenvalue weighted by atomic mass is 16.5. The molecule has 0 aromatic rings. The number of nitrogens with one attached hydrogen (secondary N) is 1. The molecule has 4 nitrogen and oxygen atoms in total. The van der Waals surface area contributed by atoms with Crippen molar-refractivity contribution in [2.45, 2.75) is 77.4 Å². The van der Waals surface area contributed by atoms with E-state index in [2.05, 4.69) is 37.9 Å². The Morgan fingerprint density at radius 3 is 2.60 bits per heavy atom. The number of ether oxygens (including phenoxy) is 1. The predicted molar refractivity (Wildman–Crippen MR) is 82.8 cm³/mol. The van der Waals surface area contributed by atoms with Crippen molar-refractivity contribution >= 4 is 5.97 Å². The monoisotopic (exact) mass is 284 g/mol. The van der Waals surface area contributed by atoms with Gasteiger partial charge >= 0.3 is 5.97 Å². The van der Waals surface area contributed by atoms with E-state index in [1.165, 1.54) is 7.11 Å². The first kappa shape index (κ1) is 17.4. The summed E-state index contributed by atoms with van der Waals surface area (Å²) in [6.45, 7) is 10.8. The maximum Gasteiger partial charge on any atom is 0.326 e. The summed E-state index contributed by atoms with van der Waals surface area (Å²) in [7, 11) is 1.50. The van der Waals surface area contributed by atoms with Gasteiger partial charge in [0.15, 0.2) is 0 Å². The summed E-state index contributed by atoms with van der Waals surface area (Å²) in [6.07, 6.45) is 5.02. The summed E-state index contributed by atoms with van der Waals surface area (Å²) >= 11 is 0. The van der Waals surface area contributed by atoms with Gasteiger partial charge in [0.1, 0.15) is 5.54 Å². The minimum absolute atomic E-state index is 0.0892. The van der Waals surface area contributed by atoms with E-state index in [0.29, 0.717) is 12.1 Å². The smallest absolute Gasteiger partial charge is 0.326 e. The second-order valence-corrected chi connectivity index (χ2v) is 6.23. The van der Waals surface area contributed by atoms with E-state index in [0.717, 1.165) is 45.2 Å². The van der Waals surface area contributed by atoms with E-state index < -0.39 is 5.54 Å². The quantitative estimate of drug-likeness (QED) is 0.696. The maximum atomic E-state index is 12.2. The van der Waals surface area contributed by atoms with Gasteiger partial charge in [-0.15, -0.1) is 0 Å². The molecule has 1 fully saturated rings. The van der Waals surface area contributed by atoms with Gasteiger partial charge in [0.2, 0.25) is 0 Å². The molecule has 4 heteroatoms. The molecule has 0 spiro atoms. The SMILES string of the molecule is CCCNC1(C(=O)OC)CCC(N(CCC)C(C)C)C1. The molecule has 0 radical (unpaired) electrons. The molecule has 118 valence electrons. The lowest BCUT2D eigenvalue weighted by Gasteiger charge is -2.34. The molecule has 0 bridgehead atoms. The number of methoxy groups -OCH3 is 1. The third-order valence-corrected chi connectivity index (χ3v) is 4.39. The second-order valence-electron chi connectivity index (χ2n) is 6.23. The van der Waals surface area contributed by atoms with Crippen molar-refractivity contribution in [1.82, 2.24) is 10.2 Å². The normalized spacial score (nSPS) is 26.4. The van der Waals surface area contributed by atoms with Crippen molar-refractivity contribution in [3.05, 3.63) is 0 Å². The fraction of sp³-hybridized carbons (Fsp3) is 0.938.